The van der Waals surface area contributed by atoms with Gasteiger partial charge in [-0.05, 0) is 13.5 Å². The van der Waals surface area contributed by atoms with Crippen molar-refractivity contribution in [2.45, 2.75) is 18.9 Å². The highest BCUT2D eigenvalue weighted by molar-refractivity contribution is 5.75. The van der Waals surface area contributed by atoms with Gasteiger partial charge in [0, 0.05) is 46.2 Å². The summed E-state index contributed by atoms with van der Waals surface area (Å²) in [6.07, 6.45) is 1.62. The highest BCUT2D eigenvalue weighted by atomic mass is 16.2. The number of piperazine rings is 1. The monoisotopic (exact) mass is 199 g/mol. The molecule has 14 heavy (non-hydrogen) atoms. The minimum absolute atomic E-state index is 0.226. The van der Waals surface area contributed by atoms with E-state index in [9.17, 15) is 4.79 Å². The number of rotatable bonds is 3. The predicted molar refractivity (Wildman–Crippen MR) is 57.2 cm³/mol. The van der Waals surface area contributed by atoms with Crippen molar-refractivity contribution in [1.82, 2.24) is 15.1 Å². The maximum Gasteiger partial charge on any atom is 0.222 e. The average Bonchev–Trinajstić information content (AvgIpc) is 2.16. The average molecular weight is 199 g/mol. The van der Waals surface area contributed by atoms with Crippen LogP contribution in [0.25, 0.3) is 0 Å². The van der Waals surface area contributed by atoms with Crippen molar-refractivity contribution >= 4 is 5.91 Å². The van der Waals surface area contributed by atoms with Crippen LogP contribution in [0.4, 0.5) is 0 Å². The molecule has 0 radical (unpaired) electrons. The molecular formula is C10H21N3O. The first-order valence-electron chi connectivity index (χ1n) is 5.22. The zero-order chi connectivity index (χ0) is 10.6. The highest BCUT2D eigenvalue weighted by Crippen LogP contribution is 2.07. The van der Waals surface area contributed by atoms with Crippen molar-refractivity contribution in [3.05, 3.63) is 0 Å². The normalized spacial score (nSPS) is 23.5. The van der Waals surface area contributed by atoms with E-state index in [1.54, 1.807) is 4.90 Å². The summed E-state index contributed by atoms with van der Waals surface area (Å²) in [5.74, 6) is 0.226. The smallest absolute Gasteiger partial charge is 0.222 e. The fraction of sp³-hybridized carbons (Fsp3) is 0.900. The summed E-state index contributed by atoms with van der Waals surface area (Å²) < 4.78 is 0. The van der Waals surface area contributed by atoms with Crippen LogP contribution in [0.1, 0.15) is 12.8 Å². The Morgan fingerprint density at radius 2 is 2.29 bits per heavy atom. The van der Waals surface area contributed by atoms with Crippen LogP contribution in [0.5, 0.6) is 0 Å². The summed E-state index contributed by atoms with van der Waals surface area (Å²) in [5.41, 5.74) is 0. The van der Waals surface area contributed by atoms with Gasteiger partial charge in [0.1, 0.15) is 0 Å². The first-order valence-corrected chi connectivity index (χ1v) is 5.22. The Morgan fingerprint density at radius 1 is 1.57 bits per heavy atom. The molecule has 0 aliphatic carbocycles. The lowest BCUT2D eigenvalue weighted by atomic mass is 10.1. The van der Waals surface area contributed by atoms with Crippen LogP contribution in [0.2, 0.25) is 0 Å². The SMILES string of the molecule is CN(C)C(=O)CCC1CNCCN1C. The van der Waals surface area contributed by atoms with Gasteiger partial charge in [0.2, 0.25) is 5.91 Å². The highest BCUT2D eigenvalue weighted by Gasteiger charge is 2.19. The lowest BCUT2D eigenvalue weighted by Crippen LogP contribution is -2.49. The minimum Gasteiger partial charge on any atom is -0.349 e. The molecule has 1 unspecified atom stereocenters. The molecule has 0 saturated carbocycles. The van der Waals surface area contributed by atoms with E-state index in [4.69, 9.17) is 0 Å². The molecule has 1 fully saturated rings. The van der Waals surface area contributed by atoms with Crippen LogP contribution < -0.4 is 5.32 Å². The largest absolute Gasteiger partial charge is 0.349 e. The number of hydrogen-bond acceptors (Lipinski definition) is 3. The molecule has 0 aromatic rings. The van der Waals surface area contributed by atoms with E-state index in [1.807, 2.05) is 14.1 Å². The first kappa shape index (κ1) is 11.5. The summed E-state index contributed by atoms with van der Waals surface area (Å²) in [6, 6.07) is 0.521. The fourth-order valence-corrected chi connectivity index (χ4v) is 1.70. The van der Waals surface area contributed by atoms with Gasteiger partial charge in [0.15, 0.2) is 0 Å². The van der Waals surface area contributed by atoms with E-state index >= 15 is 0 Å². The van der Waals surface area contributed by atoms with Crippen LogP contribution in [0, 0.1) is 0 Å². The van der Waals surface area contributed by atoms with E-state index in [0.29, 0.717) is 12.5 Å². The molecule has 1 amide bonds. The summed E-state index contributed by atoms with van der Waals surface area (Å²) in [6.45, 7) is 3.16. The van der Waals surface area contributed by atoms with Gasteiger partial charge in [-0.2, -0.15) is 0 Å². The van der Waals surface area contributed by atoms with Gasteiger partial charge in [-0.25, -0.2) is 0 Å². The molecule has 1 heterocycles. The summed E-state index contributed by atoms with van der Waals surface area (Å²) >= 11 is 0. The van der Waals surface area contributed by atoms with Crippen molar-refractivity contribution in [3.8, 4) is 0 Å². The van der Waals surface area contributed by atoms with Crippen molar-refractivity contribution in [2.24, 2.45) is 0 Å². The summed E-state index contributed by atoms with van der Waals surface area (Å²) in [7, 11) is 5.75. The van der Waals surface area contributed by atoms with Gasteiger partial charge in [-0.1, -0.05) is 0 Å². The second-order valence-electron chi connectivity index (χ2n) is 4.17. The fourth-order valence-electron chi connectivity index (χ4n) is 1.70. The summed E-state index contributed by atoms with van der Waals surface area (Å²) in [4.78, 5) is 15.4. The van der Waals surface area contributed by atoms with Crippen LogP contribution in [0.3, 0.4) is 0 Å². The van der Waals surface area contributed by atoms with Crippen molar-refractivity contribution in [3.63, 3.8) is 0 Å². The van der Waals surface area contributed by atoms with E-state index in [1.165, 1.54) is 0 Å². The standard InChI is InChI=1S/C10H21N3O/c1-12(2)10(14)5-4-9-8-11-6-7-13(9)3/h9,11H,4-8H2,1-3H3. The molecule has 4 heteroatoms. The Bertz CT molecular complexity index is 194. The molecular weight excluding hydrogens is 178 g/mol. The molecule has 1 aliphatic heterocycles. The molecule has 0 bridgehead atoms. The topological polar surface area (TPSA) is 35.6 Å². The molecule has 0 spiro atoms. The van der Waals surface area contributed by atoms with Gasteiger partial charge in [0.05, 0.1) is 0 Å². The number of nitrogens with zero attached hydrogens (tertiary/aromatic N) is 2. The van der Waals surface area contributed by atoms with E-state index < -0.39 is 0 Å². The first-order chi connectivity index (χ1) is 6.61. The van der Waals surface area contributed by atoms with E-state index in [0.717, 1.165) is 26.1 Å². The Hall–Kier alpha value is -0.610. The van der Waals surface area contributed by atoms with Crippen LogP contribution in [0.15, 0.2) is 0 Å². The molecule has 0 aromatic carbocycles. The third-order valence-corrected chi connectivity index (χ3v) is 2.83. The molecule has 1 saturated heterocycles. The second-order valence-corrected chi connectivity index (χ2v) is 4.17. The van der Waals surface area contributed by atoms with Crippen molar-refractivity contribution in [2.75, 3.05) is 40.8 Å². The zero-order valence-corrected chi connectivity index (χ0v) is 9.42. The molecule has 82 valence electrons. The third-order valence-electron chi connectivity index (χ3n) is 2.83. The zero-order valence-electron chi connectivity index (χ0n) is 9.42. The maximum atomic E-state index is 11.4. The maximum absolute atomic E-state index is 11.4. The number of likely N-dealkylation sites (N-methyl/N-ethyl adjacent to an activating group) is 1. The van der Waals surface area contributed by atoms with Crippen molar-refractivity contribution in [1.29, 1.82) is 0 Å². The second kappa shape index (κ2) is 5.32. The Morgan fingerprint density at radius 3 is 2.86 bits per heavy atom. The summed E-state index contributed by atoms with van der Waals surface area (Å²) in [5, 5.41) is 3.35. The van der Waals surface area contributed by atoms with Gasteiger partial charge in [-0.15, -0.1) is 0 Å². The minimum atomic E-state index is 0.226. The predicted octanol–water partition coefficient (Wildman–Crippen LogP) is -0.242. The van der Waals surface area contributed by atoms with Gasteiger partial charge < -0.3 is 15.1 Å². The molecule has 0 aromatic heterocycles. The van der Waals surface area contributed by atoms with E-state index in [2.05, 4.69) is 17.3 Å². The molecule has 1 N–H and O–H groups in total. The Labute approximate surface area is 86.2 Å². The number of hydrogen-bond donors (Lipinski definition) is 1. The number of carbonyl (C=O) groups is 1. The van der Waals surface area contributed by atoms with Crippen LogP contribution >= 0.6 is 0 Å². The Balaban J connectivity index is 2.26. The lowest BCUT2D eigenvalue weighted by Gasteiger charge is -2.33. The van der Waals surface area contributed by atoms with Crippen molar-refractivity contribution < 1.29 is 4.79 Å². The van der Waals surface area contributed by atoms with Gasteiger partial charge >= 0.3 is 0 Å². The Kier molecular flexibility index (Phi) is 4.35. The van der Waals surface area contributed by atoms with Gasteiger partial charge in [-0.3, -0.25) is 4.79 Å². The molecule has 1 rings (SSSR count). The molecule has 4 nitrogen and oxygen atoms in total. The van der Waals surface area contributed by atoms with Crippen LogP contribution in [-0.4, -0.2) is 62.5 Å². The third kappa shape index (κ3) is 3.27. The quantitative estimate of drug-likeness (QED) is 0.681. The van der Waals surface area contributed by atoms with Crippen LogP contribution in [-0.2, 0) is 4.79 Å². The van der Waals surface area contributed by atoms with E-state index in [-0.39, 0.29) is 5.91 Å². The lowest BCUT2D eigenvalue weighted by molar-refractivity contribution is -0.129. The molecule has 1 aliphatic rings. The molecule has 1 atom stereocenters. The number of amides is 1. The number of nitrogens with one attached hydrogen (secondary N) is 1. The van der Waals surface area contributed by atoms with Gasteiger partial charge in [0.25, 0.3) is 0 Å². The number of carbonyl (C=O) groups excluding carboxylic acids is 1.